The Morgan fingerprint density at radius 1 is 1.00 bits per heavy atom. The van der Waals surface area contributed by atoms with Crippen molar-refractivity contribution in [2.75, 3.05) is 33.2 Å². The third-order valence-electron chi connectivity index (χ3n) is 5.43. The van der Waals surface area contributed by atoms with Crippen LogP contribution in [0.3, 0.4) is 0 Å². The predicted molar refractivity (Wildman–Crippen MR) is 128 cm³/mol. The summed E-state index contributed by atoms with van der Waals surface area (Å²) in [6.07, 6.45) is 1.57. The van der Waals surface area contributed by atoms with Crippen molar-refractivity contribution in [3.63, 3.8) is 0 Å². The maximum absolute atomic E-state index is 13.8. The van der Waals surface area contributed by atoms with Crippen LogP contribution in [0.1, 0.15) is 21.7 Å². The van der Waals surface area contributed by atoms with Crippen molar-refractivity contribution < 1.29 is 23.1 Å². The van der Waals surface area contributed by atoms with Crippen molar-refractivity contribution in [3.8, 4) is 11.5 Å². The zero-order valence-electron chi connectivity index (χ0n) is 19.5. The molecule has 0 radical (unpaired) electrons. The molecule has 0 spiro atoms. The molecule has 0 fully saturated rings. The number of hydrogen-bond acceptors (Lipinski definition) is 6. The Morgan fingerprint density at radius 3 is 2.35 bits per heavy atom. The predicted octanol–water partition coefficient (Wildman–Crippen LogP) is 4.89. The Balaban J connectivity index is 1.77. The van der Waals surface area contributed by atoms with Crippen LogP contribution in [0.2, 0.25) is 0 Å². The molecular weight excluding hydrogens is 437 g/mol. The topological polar surface area (TPSA) is 68.0 Å². The van der Waals surface area contributed by atoms with E-state index in [2.05, 4.69) is 4.98 Å². The summed E-state index contributed by atoms with van der Waals surface area (Å²) in [5.41, 5.74) is 1.79. The molecule has 0 unspecified atom stereocenters. The number of carbonyl (C=O) groups is 1. The Morgan fingerprint density at radius 2 is 1.74 bits per heavy atom. The van der Waals surface area contributed by atoms with Gasteiger partial charge >= 0.3 is 0 Å². The summed E-state index contributed by atoms with van der Waals surface area (Å²) in [4.78, 5) is 21.9. The summed E-state index contributed by atoms with van der Waals surface area (Å²) in [5, 5.41) is 0.787. The van der Waals surface area contributed by atoms with E-state index in [9.17, 15) is 9.18 Å². The number of anilines is 1. The van der Waals surface area contributed by atoms with Crippen LogP contribution in [0.15, 0.2) is 65.3 Å². The third kappa shape index (κ3) is 4.96. The molecule has 0 aliphatic rings. The molecule has 2 heterocycles. The van der Waals surface area contributed by atoms with Gasteiger partial charge in [-0.3, -0.25) is 4.79 Å². The standard InChI is InChI=1S/C26H26FN3O4/c1-29(2)25-19(10-17-7-8-20(27)13-24(17)28-25)15-30(16-21-6-5-9-34-21)26(31)18-11-22(32-3)14-23(12-18)33-4/h5-14H,15-16H2,1-4H3. The maximum atomic E-state index is 13.8. The van der Waals surface area contributed by atoms with Crippen molar-refractivity contribution in [2.24, 2.45) is 0 Å². The number of ether oxygens (including phenoxy) is 2. The van der Waals surface area contributed by atoms with Crippen LogP contribution in [-0.2, 0) is 13.1 Å². The second-order valence-corrected chi connectivity index (χ2v) is 8.04. The van der Waals surface area contributed by atoms with E-state index in [1.165, 1.54) is 26.4 Å². The summed E-state index contributed by atoms with van der Waals surface area (Å²) in [5.74, 6) is 1.76. The van der Waals surface area contributed by atoms with Crippen molar-refractivity contribution in [1.29, 1.82) is 0 Å². The molecule has 0 aliphatic carbocycles. The van der Waals surface area contributed by atoms with Gasteiger partial charge in [0, 0.05) is 42.7 Å². The smallest absolute Gasteiger partial charge is 0.254 e. The highest BCUT2D eigenvalue weighted by atomic mass is 19.1. The molecule has 4 aromatic rings. The van der Waals surface area contributed by atoms with Gasteiger partial charge in [0.25, 0.3) is 5.91 Å². The molecule has 4 rings (SSSR count). The van der Waals surface area contributed by atoms with E-state index >= 15 is 0 Å². The summed E-state index contributed by atoms with van der Waals surface area (Å²) >= 11 is 0. The minimum atomic E-state index is -0.348. The number of nitrogens with zero attached hydrogens (tertiary/aromatic N) is 3. The van der Waals surface area contributed by atoms with Crippen molar-refractivity contribution in [2.45, 2.75) is 13.1 Å². The van der Waals surface area contributed by atoms with Gasteiger partial charge in [0.05, 0.1) is 39.1 Å². The number of fused-ring (bicyclic) bond motifs is 1. The van der Waals surface area contributed by atoms with E-state index in [1.54, 1.807) is 41.5 Å². The first kappa shape index (κ1) is 23.1. The zero-order valence-corrected chi connectivity index (χ0v) is 19.5. The fourth-order valence-electron chi connectivity index (χ4n) is 3.79. The van der Waals surface area contributed by atoms with Crippen LogP contribution in [-0.4, -0.2) is 44.1 Å². The molecule has 0 N–H and O–H groups in total. The van der Waals surface area contributed by atoms with Gasteiger partial charge in [0.2, 0.25) is 0 Å². The molecule has 2 aromatic heterocycles. The van der Waals surface area contributed by atoms with Gasteiger partial charge in [0.1, 0.15) is 28.9 Å². The maximum Gasteiger partial charge on any atom is 0.254 e. The number of aromatic nitrogens is 1. The molecule has 0 saturated carbocycles. The summed E-state index contributed by atoms with van der Waals surface area (Å²) in [6, 6.07) is 15.1. The number of hydrogen-bond donors (Lipinski definition) is 0. The lowest BCUT2D eigenvalue weighted by Gasteiger charge is -2.25. The van der Waals surface area contributed by atoms with Crippen LogP contribution in [0.4, 0.5) is 10.2 Å². The molecule has 0 atom stereocenters. The Hall–Kier alpha value is -4.07. The van der Waals surface area contributed by atoms with Crippen molar-refractivity contribution in [3.05, 3.63) is 83.6 Å². The molecule has 7 nitrogen and oxygen atoms in total. The highest BCUT2D eigenvalue weighted by molar-refractivity contribution is 5.95. The number of pyridine rings is 1. The van der Waals surface area contributed by atoms with Crippen LogP contribution >= 0.6 is 0 Å². The minimum absolute atomic E-state index is 0.225. The first-order valence-corrected chi connectivity index (χ1v) is 10.7. The normalized spacial score (nSPS) is 10.9. The SMILES string of the molecule is COc1cc(OC)cc(C(=O)N(Cc2ccco2)Cc2cc3ccc(F)cc3nc2N(C)C)c1. The Bertz CT molecular complexity index is 1280. The quantitative estimate of drug-likeness (QED) is 0.371. The van der Waals surface area contributed by atoms with Gasteiger partial charge in [-0.1, -0.05) is 0 Å². The highest BCUT2D eigenvalue weighted by Crippen LogP contribution is 2.28. The molecule has 8 heteroatoms. The average molecular weight is 464 g/mol. The summed E-state index contributed by atoms with van der Waals surface area (Å²) < 4.78 is 30.0. The van der Waals surface area contributed by atoms with E-state index in [1.807, 2.05) is 31.1 Å². The number of methoxy groups -OCH3 is 2. The summed E-state index contributed by atoms with van der Waals surface area (Å²) in [7, 11) is 6.80. The molecular formula is C26H26FN3O4. The Kier molecular flexibility index (Phi) is 6.67. The fraction of sp³-hybridized carbons (Fsp3) is 0.231. The molecule has 2 aromatic carbocycles. The van der Waals surface area contributed by atoms with Crippen LogP contribution in [0, 0.1) is 5.82 Å². The zero-order chi connectivity index (χ0) is 24.2. The van der Waals surface area contributed by atoms with Gasteiger partial charge in [-0.15, -0.1) is 0 Å². The summed E-state index contributed by atoms with van der Waals surface area (Å²) in [6.45, 7) is 0.507. The number of benzene rings is 2. The number of amides is 1. The van der Waals surface area contributed by atoms with Crippen LogP contribution in [0.25, 0.3) is 10.9 Å². The average Bonchev–Trinajstić information content (AvgIpc) is 3.35. The van der Waals surface area contributed by atoms with Crippen molar-refractivity contribution in [1.82, 2.24) is 9.88 Å². The second-order valence-electron chi connectivity index (χ2n) is 8.04. The van der Waals surface area contributed by atoms with E-state index in [0.717, 1.165) is 10.9 Å². The second kappa shape index (κ2) is 9.82. The molecule has 0 saturated heterocycles. The first-order valence-electron chi connectivity index (χ1n) is 10.7. The van der Waals surface area contributed by atoms with Gasteiger partial charge < -0.3 is 23.7 Å². The molecule has 0 bridgehead atoms. The third-order valence-corrected chi connectivity index (χ3v) is 5.43. The number of halogens is 1. The van der Waals surface area contributed by atoms with E-state index in [4.69, 9.17) is 13.9 Å². The lowest BCUT2D eigenvalue weighted by atomic mass is 10.1. The van der Waals surface area contributed by atoms with Gasteiger partial charge in [0.15, 0.2) is 0 Å². The first-order chi connectivity index (χ1) is 16.4. The number of carbonyl (C=O) groups excluding carboxylic acids is 1. The van der Waals surface area contributed by atoms with Gasteiger partial charge in [-0.25, -0.2) is 9.37 Å². The van der Waals surface area contributed by atoms with Gasteiger partial charge in [-0.2, -0.15) is 0 Å². The largest absolute Gasteiger partial charge is 0.497 e. The lowest BCUT2D eigenvalue weighted by Crippen LogP contribution is -2.31. The number of rotatable bonds is 8. The van der Waals surface area contributed by atoms with Crippen molar-refractivity contribution >= 4 is 22.6 Å². The Labute approximate surface area is 197 Å². The van der Waals surface area contributed by atoms with E-state index in [0.29, 0.717) is 34.2 Å². The molecule has 0 aliphatic heterocycles. The lowest BCUT2D eigenvalue weighted by molar-refractivity contribution is 0.0717. The monoisotopic (exact) mass is 463 g/mol. The van der Waals surface area contributed by atoms with E-state index < -0.39 is 0 Å². The molecule has 176 valence electrons. The van der Waals surface area contributed by atoms with Crippen LogP contribution in [0.5, 0.6) is 11.5 Å². The number of furan rings is 1. The fourth-order valence-corrected chi connectivity index (χ4v) is 3.79. The van der Waals surface area contributed by atoms with E-state index in [-0.39, 0.29) is 24.8 Å². The van der Waals surface area contributed by atoms with Crippen LogP contribution < -0.4 is 14.4 Å². The molecule has 34 heavy (non-hydrogen) atoms. The van der Waals surface area contributed by atoms with Gasteiger partial charge in [-0.05, 0) is 42.5 Å². The highest BCUT2D eigenvalue weighted by Gasteiger charge is 2.22. The minimum Gasteiger partial charge on any atom is -0.497 e. The molecule has 1 amide bonds.